The molecule has 0 aliphatic rings. The molecule has 0 spiro atoms. The van der Waals surface area contributed by atoms with E-state index in [0.717, 1.165) is 9.13 Å². The van der Waals surface area contributed by atoms with E-state index in [0.29, 0.717) is 19.4 Å². The Morgan fingerprint density at radius 1 is 1.25 bits per heavy atom. The quantitative estimate of drug-likeness (QED) is 0.571. The van der Waals surface area contributed by atoms with Crippen LogP contribution in [0.2, 0.25) is 0 Å². The lowest BCUT2D eigenvalue weighted by molar-refractivity contribution is 0.219. The molecule has 0 aromatic heterocycles. The number of hydrogen-bond acceptors (Lipinski definition) is 3. The van der Waals surface area contributed by atoms with Gasteiger partial charge in [-0.3, -0.25) is 4.57 Å². The van der Waals surface area contributed by atoms with Crippen LogP contribution >= 0.6 is 30.2 Å². The predicted molar refractivity (Wildman–Crippen MR) is 73.7 cm³/mol. The van der Waals surface area contributed by atoms with Crippen molar-refractivity contribution in [2.45, 2.75) is 20.0 Å². The van der Waals surface area contributed by atoms with Gasteiger partial charge in [0.2, 0.25) is 0 Å². The lowest BCUT2D eigenvalue weighted by Gasteiger charge is -2.16. The molecule has 1 rings (SSSR count). The predicted octanol–water partition coefficient (Wildman–Crippen LogP) is 4.06. The van der Waals surface area contributed by atoms with Crippen LogP contribution in [0.5, 0.6) is 0 Å². The van der Waals surface area contributed by atoms with Gasteiger partial charge < -0.3 is 9.05 Å². The van der Waals surface area contributed by atoms with Crippen LogP contribution in [0.15, 0.2) is 24.3 Å². The third-order valence-corrected chi connectivity index (χ3v) is 4.64. The van der Waals surface area contributed by atoms with Gasteiger partial charge in [-0.2, -0.15) is 0 Å². The Hall–Kier alpha value is 0.1000. The van der Waals surface area contributed by atoms with Gasteiger partial charge >= 0.3 is 7.60 Å². The second-order valence-corrected chi connectivity index (χ2v) is 6.53. The maximum Gasteiger partial charge on any atom is 0.335 e. The number of rotatable bonds is 6. The summed E-state index contributed by atoms with van der Waals surface area (Å²) in [7, 11) is -2.96. The van der Waals surface area contributed by atoms with Crippen molar-refractivity contribution >= 4 is 30.2 Å². The molecule has 0 saturated carbocycles. The van der Waals surface area contributed by atoms with Crippen LogP contribution in [-0.4, -0.2) is 13.2 Å². The van der Waals surface area contributed by atoms with E-state index < -0.39 is 7.60 Å². The minimum absolute atomic E-state index is 0.339. The first-order chi connectivity index (χ1) is 7.59. The summed E-state index contributed by atoms with van der Waals surface area (Å²) in [5, 5.41) is 0. The number of halogens is 1. The molecule has 0 heterocycles. The smallest absolute Gasteiger partial charge is 0.309 e. The summed E-state index contributed by atoms with van der Waals surface area (Å²) in [4.78, 5) is 0. The highest BCUT2D eigenvalue weighted by molar-refractivity contribution is 14.1. The monoisotopic (exact) mass is 354 g/mol. The van der Waals surface area contributed by atoms with Gasteiger partial charge in [0.15, 0.2) is 0 Å². The van der Waals surface area contributed by atoms with Crippen molar-refractivity contribution in [1.29, 1.82) is 0 Å². The van der Waals surface area contributed by atoms with Crippen LogP contribution in [0.1, 0.15) is 19.4 Å². The first kappa shape index (κ1) is 14.2. The van der Waals surface area contributed by atoms with Crippen LogP contribution in [0.3, 0.4) is 0 Å². The van der Waals surface area contributed by atoms with Gasteiger partial charge in [0.1, 0.15) is 0 Å². The summed E-state index contributed by atoms with van der Waals surface area (Å²) in [5.41, 5.74) is 0.983. The summed E-state index contributed by atoms with van der Waals surface area (Å²) >= 11 is 2.23. The van der Waals surface area contributed by atoms with Gasteiger partial charge in [0, 0.05) is 3.57 Å². The third-order valence-electron chi connectivity index (χ3n) is 1.92. The average Bonchev–Trinajstić information content (AvgIpc) is 2.17. The molecule has 0 bridgehead atoms. The molecule has 5 heteroatoms. The van der Waals surface area contributed by atoms with Gasteiger partial charge in [0.05, 0.1) is 19.4 Å². The second-order valence-electron chi connectivity index (χ2n) is 3.23. The van der Waals surface area contributed by atoms with Crippen molar-refractivity contribution in [3.63, 3.8) is 0 Å². The van der Waals surface area contributed by atoms with Gasteiger partial charge in [-0.25, -0.2) is 0 Å². The normalized spacial score (nSPS) is 11.7. The SMILES string of the molecule is CCOP(=O)(Cc1cccc(I)c1)OCC. The Bertz CT molecular complexity index is 371. The first-order valence-electron chi connectivity index (χ1n) is 5.22. The highest BCUT2D eigenvalue weighted by Gasteiger charge is 2.23. The lowest BCUT2D eigenvalue weighted by Crippen LogP contribution is -1.99. The average molecular weight is 354 g/mol. The summed E-state index contributed by atoms with van der Waals surface area (Å²) in [6, 6.07) is 7.87. The Labute approximate surface area is 110 Å². The van der Waals surface area contributed by atoms with Crippen molar-refractivity contribution in [3.8, 4) is 0 Å². The molecule has 0 aliphatic heterocycles. The third kappa shape index (κ3) is 4.53. The molecule has 0 saturated heterocycles. The standard InChI is InChI=1S/C11H16IO3P/c1-3-14-16(13,15-4-2)9-10-6-5-7-11(12)8-10/h5-8H,3-4,9H2,1-2H3. The molecule has 0 aliphatic carbocycles. The van der Waals surface area contributed by atoms with Crippen LogP contribution in [-0.2, 0) is 19.8 Å². The number of hydrogen-bond donors (Lipinski definition) is 0. The van der Waals surface area contributed by atoms with E-state index in [1.807, 2.05) is 38.1 Å². The first-order valence-corrected chi connectivity index (χ1v) is 8.03. The van der Waals surface area contributed by atoms with Crippen molar-refractivity contribution in [3.05, 3.63) is 33.4 Å². The molecular formula is C11H16IO3P. The minimum Gasteiger partial charge on any atom is -0.309 e. The van der Waals surface area contributed by atoms with E-state index in [1.165, 1.54) is 0 Å². The van der Waals surface area contributed by atoms with Crippen molar-refractivity contribution in [1.82, 2.24) is 0 Å². The van der Waals surface area contributed by atoms with Crippen molar-refractivity contribution in [2.24, 2.45) is 0 Å². The lowest BCUT2D eigenvalue weighted by atomic mass is 10.2. The highest BCUT2D eigenvalue weighted by Crippen LogP contribution is 2.51. The fraction of sp³-hybridized carbons (Fsp3) is 0.455. The molecule has 3 nitrogen and oxygen atoms in total. The zero-order valence-electron chi connectivity index (χ0n) is 9.48. The summed E-state index contributed by atoms with van der Waals surface area (Å²) in [6.45, 7) is 4.45. The summed E-state index contributed by atoms with van der Waals surface area (Å²) in [5.74, 6) is 0. The molecular weight excluding hydrogens is 338 g/mol. The zero-order valence-corrected chi connectivity index (χ0v) is 12.5. The molecule has 1 aromatic carbocycles. The Kier molecular flexibility index (Phi) is 5.97. The molecule has 0 unspecified atom stereocenters. The topological polar surface area (TPSA) is 35.5 Å². The minimum atomic E-state index is -2.96. The van der Waals surface area contributed by atoms with Crippen LogP contribution in [0.25, 0.3) is 0 Å². The van der Waals surface area contributed by atoms with E-state index in [-0.39, 0.29) is 0 Å². The molecule has 0 radical (unpaired) electrons. The summed E-state index contributed by atoms with van der Waals surface area (Å²) < 4.78 is 23.9. The molecule has 0 N–H and O–H groups in total. The molecule has 0 fully saturated rings. The van der Waals surface area contributed by atoms with Crippen molar-refractivity contribution < 1.29 is 13.6 Å². The molecule has 16 heavy (non-hydrogen) atoms. The van der Waals surface area contributed by atoms with Gasteiger partial charge in [-0.15, -0.1) is 0 Å². The highest BCUT2D eigenvalue weighted by atomic mass is 127. The molecule has 90 valence electrons. The Morgan fingerprint density at radius 3 is 2.38 bits per heavy atom. The largest absolute Gasteiger partial charge is 0.335 e. The van der Waals surface area contributed by atoms with Gasteiger partial charge in [-0.05, 0) is 54.1 Å². The van der Waals surface area contributed by atoms with Crippen LogP contribution < -0.4 is 0 Å². The fourth-order valence-corrected chi connectivity index (χ4v) is 3.68. The Morgan fingerprint density at radius 2 is 1.88 bits per heavy atom. The van der Waals surface area contributed by atoms with Crippen LogP contribution in [0.4, 0.5) is 0 Å². The van der Waals surface area contributed by atoms with Crippen molar-refractivity contribution in [2.75, 3.05) is 13.2 Å². The maximum absolute atomic E-state index is 12.2. The molecule has 1 aromatic rings. The maximum atomic E-state index is 12.2. The Balaban J connectivity index is 2.79. The van der Waals surface area contributed by atoms with E-state index in [1.54, 1.807) is 0 Å². The second kappa shape index (κ2) is 6.74. The fourth-order valence-electron chi connectivity index (χ4n) is 1.38. The molecule has 0 amide bonds. The van der Waals surface area contributed by atoms with Gasteiger partial charge in [0.25, 0.3) is 0 Å². The molecule has 0 atom stereocenters. The van der Waals surface area contributed by atoms with E-state index in [2.05, 4.69) is 22.6 Å². The number of benzene rings is 1. The van der Waals surface area contributed by atoms with Gasteiger partial charge in [-0.1, -0.05) is 12.1 Å². The van der Waals surface area contributed by atoms with E-state index in [9.17, 15) is 4.57 Å². The van der Waals surface area contributed by atoms with Crippen LogP contribution in [0, 0.1) is 3.57 Å². The summed E-state index contributed by atoms with van der Waals surface area (Å²) in [6.07, 6.45) is 0.339. The van der Waals surface area contributed by atoms with E-state index in [4.69, 9.17) is 9.05 Å². The van der Waals surface area contributed by atoms with E-state index >= 15 is 0 Å². The zero-order chi connectivity index (χ0) is 12.0.